The van der Waals surface area contributed by atoms with Gasteiger partial charge >= 0.3 is 17.9 Å². The zero-order valence-electron chi connectivity index (χ0n) is 20.8. The number of rotatable bonds is 3. The maximum absolute atomic E-state index is 12.5. The van der Waals surface area contributed by atoms with E-state index in [-0.39, 0.29) is 47.9 Å². The molecule has 9 atom stereocenters. The van der Waals surface area contributed by atoms with Gasteiger partial charge in [0.05, 0.1) is 5.60 Å². The van der Waals surface area contributed by atoms with Gasteiger partial charge in [0.1, 0.15) is 18.8 Å². The second-order valence-corrected chi connectivity index (χ2v) is 12.0. The first-order valence-electron chi connectivity index (χ1n) is 12.9. The van der Waals surface area contributed by atoms with Crippen LogP contribution in [0.3, 0.4) is 0 Å². The standard InChI is InChI=1S/C27H38O7/c1-15(28)33-19-7-9-25(3)18(12-19)5-6-21-20(25)8-10-26(4)24(17-11-23(30)32-14-17)22(34-16(2)29)13-27(21,26)31/h11,18-22,24,31H,5-10,12-14H2,1-4H3/t18-,19-,20+,21-,22+,24-,25+,26-,27+/m1/s1. The number of fused-ring (bicyclic) bond motifs is 5. The van der Waals surface area contributed by atoms with Crippen LogP contribution in [-0.4, -0.2) is 47.4 Å². The molecule has 0 aromatic heterocycles. The zero-order chi connectivity index (χ0) is 24.5. The summed E-state index contributed by atoms with van der Waals surface area (Å²) in [5.74, 6) is -0.190. The van der Waals surface area contributed by atoms with Crippen molar-refractivity contribution in [1.29, 1.82) is 0 Å². The number of aliphatic hydroxyl groups is 1. The summed E-state index contributed by atoms with van der Waals surface area (Å²) >= 11 is 0. The molecule has 1 aliphatic heterocycles. The minimum Gasteiger partial charge on any atom is -0.463 e. The number of ether oxygens (including phenoxy) is 3. The lowest BCUT2D eigenvalue weighted by Crippen LogP contribution is -2.62. The smallest absolute Gasteiger partial charge is 0.331 e. The normalized spacial score (nSPS) is 47.6. The summed E-state index contributed by atoms with van der Waals surface area (Å²) < 4.78 is 16.6. The molecule has 188 valence electrons. The molecule has 0 amide bonds. The third kappa shape index (κ3) is 3.44. The van der Waals surface area contributed by atoms with E-state index in [2.05, 4.69) is 13.8 Å². The number of carbonyl (C=O) groups excluding carboxylic acids is 3. The van der Waals surface area contributed by atoms with Gasteiger partial charge in [0.15, 0.2) is 0 Å². The lowest BCUT2D eigenvalue weighted by Gasteiger charge is -2.63. The maximum Gasteiger partial charge on any atom is 0.331 e. The average molecular weight is 475 g/mol. The van der Waals surface area contributed by atoms with Gasteiger partial charge in [-0.1, -0.05) is 13.8 Å². The fourth-order valence-electron chi connectivity index (χ4n) is 9.08. The van der Waals surface area contributed by atoms with Crippen molar-refractivity contribution >= 4 is 17.9 Å². The predicted molar refractivity (Wildman–Crippen MR) is 122 cm³/mol. The van der Waals surface area contributed by atoms with Crippen molar-refractivity contribution < 1.29 is 33.7 Å². The molecular formula is C27H38O7. The van der Waals surface area contributed by atoms with Crippen molar-refractivity contribution in [2.24, 2.45) is 34.5 Å². The van der Waals surface area contributed by atoms with Gasteiger partial charge in [-0.15, -0.1) is 0 Å². The third-order valence-electron chi connectivity index (χ3n) is 10.5. The fourth-order valence-corrected chi connectivity index (χ4v) is 9.08. The minimum atomic E-state index is -0.978. The second kappa shape index (κ2) is 8.07. The first kappa shape index (κ1) is 23.8. The molecule has 5 rings (SSSR count). The molecule has 0 saturated heterocycles. The van der Waals surface area contributed by atoms with Crippen LogP contribution in [0.15, 0.2) is 11.6 Å². The molecule has 7 nitrogen and oxygen atoms in total. The highest BCUT2D eigenvalue weighted by atomic mass is 16.6. The van der Waals surface area contributed by atoms with E-state index < -0.39 is 17.1 Å². The van der Waals surface area contributed by atoms with E-state index in [9.17, 15) is 19.5 Å². The van der Waals surface area contributed by atoms with Crippen molar-refractivity contribution in [2.45, 2.75) is 96.9 Å². The van der Waals surface area contributed by atoms with E-state index in [1.54, 1.807) is 6.08 Å². The van der Waals surface area contributed by atoms with Crippen LogP contribution in [0.1, 0.15) is 79.1 Å². The lowest BCUT2D eigenvalue weighted by atomic mass is 9.43. The Balaban J connectivity index is 1.46. The largest absolute Gasteiger partial charge is 0.463 e. The van der Waals surface area contributed by atoms with Crippen LogP contribution in [0.5, 0.6) is 0 Å². The Morgan fingerprint density at radius 3 is 2.41 bits per heavy atom. The maximum atomic E-state index is 12.5. The van der Waals surface area contributed by atoms with Crippen LogP contribution in [0.4, 0.5) is 0 Å². The Hall–Kier alpha value is -1.89. The molecular weight excluding hydrogens is 436 g/mol. The number of cyclic esters (lactones) is 1. The van der Waals surface area contributed by atoms with E-state index in [4.69, 9.17) is 14.2 Å². The number of carbonyl (C=O) groups is 3. The first-order valence-corrected chi connectivity index (χ1v) is 12.9. The van der Waals surface area contributed by atoms with E-state index >= 15 is 0 Å². The Morgan fingerprint density at radius 2 is 1.76 bits per heavy atom. The van der Waals surface area contributed by atoms with E-state index in [1.165, 1.54) is 13.8 Å². The first-order chi connectivity index (χ1) is 16.0. The number of hydrogen-bond donors (Lipinski definition) is 1. The van der Waals surface area contributed by atoms with Crippen LogP contribution < -0.4 is 0 Å². The molecule has 1 N–H and O–H groups in total. The lowest BCUT2D eigenvalue weighted by molar-refractivity contribution is -0.210. The van der Waals surface area contributed by atoms with Gasteiger partial charge in [-0.05, 0) is 73.7 Å². The van der Waals surface area contributed by atoms with E-state index in [0.29, 0.717) is 18.3 Å². The van der Waals surface area contributed by atoms with E-state index in [1.807, 2.05) is 0 Å². The Kier molecular flexibility index (Phi) is 5.66. The van der Waals surface area contributed by atoms with Crippen molar-refractivity contribution in [3.63, 3.8) is 0 Å². The molecule has 34 heavy (non-hydrogen) atoms. The van der Waals surface area contributed by atoms with Crippen molar-refractivity contribution in [1.82, 2.24) is 0 Å². The Morgan fingerprint density at radius 1 is 1.03 bits per heavy atom. The van der Waals surface area contributed by atoms with Gasteiger partial charge in [0.2, 0.25) is 0 Å². The molecule has 4 aliphatic carbocycles. The van der Waals surface area contributed by atoms with Gasteiger partial charge in [0, 0.05) is 37.7 Å². The molecule has 0 unspecified atom stereocenters. The van der Waals surface area contributed by atoms with Crippen molar-refractivity contribution in [3.8, 4) is 0 Å². The third-order valence-corrected chi connectivity index (χ3v) is 10.5. The van der Waals surface area contributed by atoms with Crippen LogP contribution >= 0.6 is 0 Å². The molecule has 1 heterocycles. The van der Waals surface area contributed by atoms with Crippen LogP contribution in [0.2, 0.25) is 0 Å². The molecule has 4 fully saturated rings. The van der Waals surface area contributed by atoms with Gasteiger partial charge in [-0.2, -0.15) is 0 Å². The average Bonchev–Trinajstić information content (AvgIpc) is 3.25. The summed E-state index contributed by atoms with van der Waals surface area (Å²) in [5, 5.41) is 12.5. The zero-order valence-corrected chi connectivity index (χ0v) is 20.8. The predicted octanol–water partition coefficient (Wildman–Crippen LogP) is 3.72. The quantitative estimate of drug-likeness (QED) is 0.492. The Labute approximate surface area is 201 Å². The SMILES string of the molecule is CC(=O)O[C@@H]1CC[C@@]2(C)[C@H](CC[C@@H]3[C@@H]2CC[C@]2(C)[C@H](C4=CC(=O)OC4)[C@@H](OC(C)=O)C[C@]32O)C1. The van der Waals surface area contributed by atoms with E-state index in [0.717, 1.165) is 50.5 Å². The van der Waals surface area contributed by atoms with Crippen LogP contribution in [-0.2, 0) is 28.6 Å². The number of hydrogen-bond acceptors (Lipinski definition) is 7. The van der Waals surface area contributed by atoms with Crippen molar-refractivity contribution in [2.75, 3.05) is 6.61 Å². The highest BCUT2D eigenvalue weighted by molar-refractivity contribution is 5.85. The van der Waals surface area contributed by atoms with Crippen molar-refractivity contribution in [3.05, 3.63) is 11.6 Å². The molecule has 0 aromatic carbocycles. The molecule has 0 spiro atoms. The molecule has 0 bridgehead atoms. The summed E-state index contributed by atoms with van der Waals surface area (Å²) in [7, 11) is 0. The highest BCUT2D eigenvalue weighted by Crippen LogP contribution is 2.70. The monoisotopic (exact) mass is 474 g/mol. The summed E-state index contributed by atoms with van der Waals surface area (Å²) in [6, 6.07) is 0. The highest BCUT2D eigenvalue weighted by Gasteiger charge is 2.71. The van der Waals surface area contributed by atoms with Gasteiger partial charge in [-0.25, -0.2) is 4.79 Å². The van der Waals surface area contributed by atoms with Crippen LogP contribution in [0, 0.1) is 34.5 Å². The van der Waals surface area contributed by atoms with Gasteiger partial charge in [0.25, 0.3) is 0 Å². The topological polar surface area (TPSA) is 99.1 Å². The Bertz CT molecular complexity index is 926. The molecule has 4 saturated carbocycles. The second-order valence-electron chi connectivity index (χ2n) is 12.0. The minimum absolute atomic E-state index is 0.000108. The summed E-state index contributed by atoms with van der Waals surface area (Å²) in [6.45, 7) is 7.61. The summed E-state index contributed by atoms with van der Waals surface area (Å²) in [6.07, 6.45) is 7.98. The fraction of sp³-hybridized carbons (Fsp3) is 0.815. The summed E-state index contributed by atoms with van der Waals surface area (Å²) in [5.41, 5.74) is -0.535. The van der Waals surface area contributed by atoms with Gasteiger partial charge < -0.3 is 19.3 Å². The van der Waals surface area contributed by atoms with Gasteiger partial charge in [-0.3, -0.25) is 9.59 Å². The molecule has 7 heteroatoms. The molecule has 0 aromatic rings. The van der Waals surface area contributed by atoms with Crippen LogP contribution in [0.25, 0.3) is 0 Å². The summed E-state index contributed by atoms with van der Waals surface area (Å²) in [4.78, 5) is 35.4. The molecule has 0 radical (unpaired) electrons. The molecule has 5 aliphatic rings. The number of esters is 3.